The summed E-state index contributed by atoms with van der Waals surface area (Å²) in [6.45, 7) is 3.34. The number of hydrogen-bond donors (Lipinski definition) is 1. The van der Waals surface area contributed by atoms with E-state index in [4.69, 9.17) is 0 Å². The maximum Gasteiger partial charge on any atom is 0.0551 e. The van der Waals surface area contributed by atoms with Gasteiger partial charge < -0.3 is 5.32 Å². The molecule has 0 saturated heterocycles. The molecule has 0 bridgehead atoms. The van der Waals surface area contributed by atoms with Gasteiger partial charge in [-0.05, 0) is 36.9 Å². The van der Waals surface area contributed by atoms with Gasteiger partial charge in [0.15, 0.2) is 0 Å². The third-order valence-corrected chi connectivity index (χ3v) is 4.22. The number of rotatable bonds is 3. The molecule has 1 aromatic carbocycles. The van der Waals surface area contributed by atoms with Gasteiger partial charge in [-0.15, -0.1) is 0 Å². The molecule has 0 saturated carbocycles. The van der Waals surface area contributed by atoms with Crippen LogP contribution in [0.1, 0.15) is 35.7 Å². The van der Waals surface area contributed by atoms with Crippen LogP contribution in [-0.4, -0.2) is 12.6 Å². The van der Waals surface area contributed by atoms with Gasteiger partial charge in [0.25, 0.3) is 0 Å². The van der Waals surface area contributed by atoms with Gasteiger partial charge in [0.2, 0.25) is 0 Å². The normalized spacial score (nSPS) is 24.9. The average Bonchev–Trinajstić information content (AvgIpc) is 2.29. The first-order chi connectivity index (χ1) is 7.33. The Morgan fingerprint density at radius 2 is 2.20 bits per heavy atom. The Bertz CT molecular complexity index is 324. The summed E-state index contributed by atoms with van der Waals surface area (Å²) >= 11 is 3.82. The summed E-state index contributed by atoms with van der Waals surface area (Å²) in [6, 6.07) is 9.36. The highest BCUT2D eigenvalue weighted by molar-refractivity contribution is 9.09. The van der Waals surface area contributed by atoms with Crippen LogP contribution in [0.25, 0.3) is 0 Å². The fourth-order valence-electron chi connectivity index (χ4n) is 2.24. The van der Waals surface area contributed by atoms with Gasteiger partial charge >= 0.3 is 0 Å². The van der Waals surface area contributed by atoms with Crippen molar-refractivity contribution in [3.8, 4) is 0 Å². The molecular weight excluding hydrogens is 250 g/mol. The summed E-state index contributed by atoms with van der Waals surface area (Å²) in [5, 5.41) is 3.62. The second-order valence-electron chi connectivity index (χ2n) is 4.20. The van der Waals surface area contributed by atoms with E-state index < -0.39 is 0 Å². The summed E-state index contributed by atoms with van der Waals surface area (Å²) in [5.41, 5.74) is 2.98. The van der Waals surface area contributed by atoms with Crippen LogP contribution in [0.15, 0.2) is 24.3 Å². The lowest BCUT2D eigenvalue weighted by Gasteiger charge is -2.30. The Kier molecular flexibility index (Phi) is 3.81. The van der Waals surface area contributed by atoms with Crippen molar-refractivity contribution in [2.75, 3.05) is 6.54 Å². The van der Waals surface area contributed by atoms with Crippen molar-refractivity contribution in [2.45, 2.75) is 37.1 Å². The van der Waals surface area contributed by atoms with E-state index in [1.807, 2.05) is 0 Å². The van der Waals surface area contributed by atoms with E-state index in [-0.39, 0.29) is 0 Å². The van der Waals surface area contributed by atoms with Crippen molar-refractivity contribution in [3.63, 3.8) is 0 Å². The zero-order valence-corrected chi connectivity index (χ0v) is 10.8. The highest BCUT2D eigenvalue weighted by Gasteiger charge is 2.26. The molecule has 1 aliphatic carbocycles. The predicted octanol–water partition coefficient (Wildman–Crippen LogP) is 3.44. The molecule has 0 fully saturated rings. The van der Waals surface area contributed by atoms with Crippen molar-refractivity contribution in [2.24, 2.45) is 0 Å². The minimum atomic E-state index is 0.481. The van der Waals surface area contributed by atoms with Gasteiger partial charge in [-0.1, -0.05) is 47.1 Å². The third kappa shape index (κ3) is 2.43. The van der Waals surface area contributed by atoms with E-state index in [1.54, 1.807) is 0 Å². The molecule has 2 unspecified atom stereocenters. The molecule has 0 heterocycles. The standard InChI is InChI=1S/C13H18BrN/c1-2-9-15-12-8-7-10-5-3-4-6-11(10)13(12)14/h3-6,12-13,15H,2,7-9H2,1H3. The van der Waals surface area contributed by atoms with Crippen molar-refractivity contribution in [1.29, 1.82) is 0 Å². The molecule has 0 spiro atoms. The van der Waals surface area contributed by atoms with Crippen molar-refractivity contribution in [1.82, 2.24) is 5.32 Å². The second kappa shape index (κ2) is 5.13. The van der Waals surface area contributed by atoms with Gasteiger partial charge in [-0.3, -0.25) is 0 Å². The molecular formula is C13H18BrN. The maximum atomic E-state index is 3.82. The molecule has 2 atom stereocenters. The molecule has 82 valence electrons. The Morgan fingerprint density at radius 1 is 1.40 bits per heavy atom. The molecule has 1 aromatic rings. The van der Waals surface area contributed by atoms with Crippen LogP contribution < -0.4 is 5.32 Å². The number of aryl methyl sites for hydroxylation is 1. The number of nitrogens with one attached hydrogen (secondary N) is 1. The van der Waals surface area contributed by atoms with Crippen molar-refractivity contribution >= 4 is 15.9 Å². The summed E-state index contributed by atoms with van der Waals surface area (Å²) in [7, 11) is 0. The molecule has 2 rings (SSSR count). The predicted molar refractivity (Wildman–Crippen MR) is 68.5 cm³/mol. The SMILES string of the molecule is CCCNC1CCc2ccccc2C1Br. The molecule has 1 aliphatic rings. The second-order valence-corrected chi connectivity index (χ2v) is 5.19. The average molecular weight is 268 g/mol. The summed E-state index contributed by atoms with van der Waals surface area (Å²) < 4.78 is 0. The smallest absolute Gasteiger partial charge is 0.0551 e. The van der Waals surface area contributed by atoms with Gasteiger partial charge in [0.1, 0.15) is 0 Å². The molecule has 0 radical (unpaired) electrons. The largest absolute Gasteiger partial charge is 0.313 e. The molecule has 2 heteroatoms. The Morgan fingerprint density at radius 3 is 3.00 bits per heavy atom. The number of hydrogen-bond acceptors (Lipinski definition) is 1. The third-order valence-electron chi connectivity index (χ3n) is 3.09. The molecule has 1 N–H and O–H groups in total. The van der Waals surface area contributed by atoms with E-state index in [9.17, 15) is 0 Å². The van der Waals surface area contributed by atoms with E-state index >= 15 is 0 Å². The zero-order valence-electron chi connectivity index (χ0n) is 9.17. The monoisotopic (exact) mass is 267 g/mol. The Hall–Kier alpha value is -0.340. The first-order valence-electron chi connectivity index (χ1n) is 5.78. The minimum absolute atomic E-state index is 0.481. The highest BCUT2D eigenvalue weighted by atomic mass is 79.9. The fourth-order valence-corrected chi connectivity index (χ4v) is 3.14. The van der Waals surface area contributed by atoms with Crippen LogP contribution in [-0.2, 0) is 6.42 Å². The Balaban J connectivity index is 2.11. The van der Waals surface area contributed by atoms with E-state index in [2.05, 4.69) is 52.4 Å². The van der Waals surface area contributed by atoms with Crippen molar-refractivity contribution in [3.05, 3.63) is 35.4 Å². The first kappa shape index (κ1) is 11.2. The topological polar surface area (TPSA) is 12.0 Å². The summed E-state index contributed by atoms with van der Waals surface area (Å²) in [5.74, 6) is 0. The number of fused-ring (bicyclic) bond motifs is 1. The van der Waals surface area contributed by atoms with Gasteiger partial charge in [-0.2, -0.15) is 0 Å². The summed E-state index contributed by atoms with van der Waals surface area (Å²) in [6.07, 6.45) is 3.66. The first-order valence-corrected chi connectivity index (χ1v) is 6.69. The number of alkyl halides is 1. The van der Waals surface area contributed by atoms with Gasteiger partial charge in [0, 0.05) is 6.04 Å². The fraction of sp³-hybridized carbons (Fsp3) is 0.538. The van der Waals surface area contributed by atoms with Crippen molar-refractivity contribution < 1.29 is 0 Å². The lowest BCUT2D eigenvalue weighted by Crippen LogP contribution is -2.36. The van der Waals surface area contributed by atoms with Crippen LogP contribution in [0.3, 0.4) is 0 Å². The molecule has 0 aromatic heterocycles. The molecule has 15 heavy (non-hydrogen) atoms. The maximum absolute atomic E-state index is 3.82. The highest BCUT2D eigenvalue weighted by Crippen LogP contribution is 2.36. The van der Waals surface area contributed by atoms with Gasteiger partial charge in [0.05, 0.1) is 4.83 Å². The lowest BCUT2D eigenvalue weighted by molar-refractivity contribution is 0.456. The van der Waals surface area contributed by atoms with Crippen LogP contribution in [0.2, 0.25) is 0 Å². The van der Waals surface area contributed by atoms with E-state index in [0.717, 1.165) is 6.54 Å². The van der Waals surface area contributed by atoms with Crippen LogP contribution in [0, 0.1) is 0 Å². The zero-order chi connectivity index (χ0) is 10.7. The quantitative estimate of drug-likeness (QED) is 0.828. The van der Waals surface area contributed by atoms with Crippen LogP contribution in [0.5, 0.6) is 0 Å². The van der Waals surface area contributed by atoms with Gasteiger partial charge in [-0.25, -0.2) is 0 Å². The number of halogens is 1. The lowest BCUT2D eigenvalue weighted by atomic mass is 9.88. The summed E-state index contributed by atoms with van der Waals surface area (Å²) in [4.78, 5) is 0.481. The van der Waals surface area contributed by atoms with E-state index in [1.165, 1.54) is 30.4 Å². The minimum Gasteiger partial charge on any atom is -0.313 e. The van der Waals surface area contributed by atoms with Crippen LogP contribution >= 0.6 is 15.9 Å². The van der Waals surface area contributed by atoms with Crippen LogP contribution in [0.4, 0.5) is 0 Å². The molecule has 1 nitrogen and oxygen atoms in total. The molecule has 0 amide bonds. The molecule has 0 aliphatic heterocycles. The Labute approximate surface area is 100 Å². The number of benzene rings is 1. The van der Waals surface area contributed by atoms with E-state index in [0.29, 0.717) is 10.9 Å².